The lowest BCUT2D eigenvalue weighted by Gasteiger charge is -2.23. The third-order valence-corrected chi connectivity index (χ3v) is 5.27. The molecule has 19 heavy (non-hydrogen) atoms. The summed E-state index contributed by atoms with van der Waals surface area (Å²) >= 11 is 1.85. The molecule has 1 aliphatic heterocycles. The van der Waals surface area contributed by atoms with Gasteiger partial charge in [0.05, 0.1) is 15.2 Å². The largest absolute Gasteiger partial charge is 0.316 e. The van der Waals surface area contributed by atoms with Crippen molar-refractivity contribution in [2.24, 2.45) is 0 Å². The van der Waals surface area contributed by atoms with Crippen LogP contribution in [-0.2, 0) is 5.41 Å². The van der Waals surface area contributed by atoms with Crippen molar-refractivity contribution < 1.29 is 0 Å². The smallest absolute Gasteiger partial charge is 0.0992 e. The van der Waals surface area contributed by atoms with Gasteiger partial charge in [-0.3, -0.25) is 0 Å². The molecule has 0 bridgehead atoms. The van der Waals surface area contributed by atoms with Crippen molar-refractivity contribution in [2.75, 3.05) is 13.1 Å². The van der Waals surface area contributed by atoms with Crippen LogP contribution in [0.1, 0.15) is 50.1 Å². The number of hydrogen-bond acceptors (Lipinski definition) is 3. The first-order valence-electron chi connectivity index (χ1n) is 7.16. The van der Waals surface area contributed by atoms with Gasteiger partial charge in [-0.2, -0.15) is 0 Å². The van der Waals surface area contributed by atoms with Crippen LogP contribution < -0.4 is 5.32 Å². The number of nitrogens with zero attached hydrogens (tertiary/aromatic N) is 1. The Bertz CT molecular complexity index is 574. The summed E-state index contributed by atoms with van der Waals surface area (Å²) in [6, 6.07) is 6.67. The second kappa shape index (κ2) is 4.88. The molecule has 1 unspecified atom stereocenters. The highest BCUT2D eigenvalue weighted by atomic mass is 32.1. The van der Waals surface area contributed by atoms with E-state index in [2.05, 4.69) is 44.3 Å². The summed E-state index contributed by atoms with van der Waals surface area (Å²) in [6.07, 6.45) is 2.56. The molecule has 1 atom stereocenters. The SMILES string of the molecule is CC(C)(C)c1nc2c(C3CCCNC3)cccc2s1. The molecule has 3 heteroatoms. The van der Waals surface area contributed by atoms with Crippen molar-refractivity contribution in [1.29, 1.82) is 0 Å². The standard InChI is InChI=1S/C16H22N2S/c1-16(2,3)15-18-14-12(7-4-8-13(14)19-15)11-6-5-9-17-10-11/h4,7-8,11,17H,5-6,9-10H2,1-3H3. The zero-order valence-corrected chi connectivity index (χ0v) is 12.8. The molecular formula is C16H22N2S. The van der Waals surface area contributed by atoms with Crippen LogP contribution in [0.4, 0.5) is 0 Å². The Morgan fingerprint density at radius 1 is 1.32 bits per heavy atom. The lowest BCUT2D eigenvalue weighted by Crippen LogP contribution is -2.28. The van der Waals surface area contributed by atoms with Gasteiger partial charge in [0.25, 0.3) is 0 Å². The second-order valence-electron chi connectivity index (χ2n) is 6.51. The highest BCUT2D eigenvalue weighted by Crippen LogP contribution is 2.36. The number of para-hydroxylation sites is 1. The summed E-state index contributed by atoms with van der Waals surface area (Å²) in [5.41, 5.74) is 2.83. The predicted molar refractivity (Wildman–Crippen MR) is 83.2 cm³/mol. The number of benzene rings is 1. The third-order valence-electron chi connectivity index (χ3n) is 3.83. The molecule has 0 saturated carbocycles. The van der Waals surface area contributed by atoms with Gasteiger partial charge >= 0.3 is 0 Å². The van der Waals surface area contributed by atoms with Crippen molar-refractivity contribution in [3.63, 3.8) is 0 Å². The van der Waals surface area contributed by atoms with Gasteiger partial charge in [0.1, 0.15) is 0 Å². The van der Waals surface area contributed by atoms with E-state index in [1.54, 1.807) is 0 Å². The first-order chi connectivity index (χ1) is 9.05. The highest BCUT2D eigenvalue weighted by Gasteiger charge is 2.23. The van der Waals surface area contributed by atoms with Gasteiger partial charge in [-0.15, -0.1) is 11.3 Å². The summed E-state index contributed by atoms with van der Waals surface area (Å²) in [6.45, 7) is 8.99. The average molecular weight is 274 g/mol. The van der Waals surface area contributed by atoms with Crippen molar-refractivity contribution in [1.82, 2.24) is 10.3 Å². The molecule has 0 amide bonds. The first-order valence-corrected chi connectivity index (χ1v) is 7.98. The Balaban J connectivity index is 2.07. The molecule has 1 N–H and O–H groups in total. The lowest BCUT2D eigenvalue weighted by atomic mass is 9.91. The van der Waals surface area contributed by atoms with Crippen LogP contribution in [0.5, 0.6) is 0 Å². The maximum atomic E-state index is 4.95. The number of thiazole rings is 1. The molecule has 2 heterocycles. The van der Waals surface area contributed by atoms with Crippen LogP contribution >= 0.6 is 11.3 Å². The van der Waals surface area contributed by atoms with Crippen LogP contribution in [-0.4, -0.2) is 18.1 Å². The Hall–Kier alpha value is -0.930. The molecule has 1 aromatic heterocycles. The van der Waals surface area contributed by atoms with Gasteiger partial charge in [0, 0.05) is 12.0 Å². The minimum atomic E-state index is 0.145. The predicted octanol–water partition coefficient (Wildman–Crippen LogP) is 4.06. The summed E-state index contributed by atoms with van der Waals surface area (Å²) in [7, 11) is 0. The molecule has 3 rings (SSSR count). The van der Waals surface area contributed by atoms with E-state index < -0.39 is 0 Å². The van der Waals surface area contributed by atoms with E-state index in [-0.39, 0.29) is 5.41 Å². The molecule has 1 aromatic carbocycles. The topological polar surface area (TPSA) is 24.9 Å². The molecule has 1 fully saturated rings. The Morgan fingerprint density at radius 2 is 2.16 bits per heavy atom. The van der Waals surface area contributed by atoms with E-state index in [1.165, 1.54) is 33.6 Å². The van der Waals surface area contributed by atoms with Gasteiger partial charge in [0.15, 0.2) is 0 Å². The Kier molecular flexibility index (Phi) is 3.35. The number of piperidine rings is 1. The van der Waals surface area contributed by atoms with E-state index in [0.717, 1.165) is 13.1 Å². The monoisotopic (exact) mass is 274 g/mol. The first kappa shape index (κ1) is 13.1. The van der Waals surface area contributed by atoms with Crippen molar-refractivity contribution in [3.8, 4) is 0 Å². The third kappa shape index (κ3) is 2.54. The van der Waals surface area contributed by atoms with Crippen molar-refractivity contribution >= 4 is 21.6 Å². The lowest BCUT2D eigenvalue weighted by molar-refractivity contribution is 0.463. The van der Waals surface area contributed by atoms with Crippen LogP contribution in [0, 0.1) is 0 Å². The van der Waals surface area contributed by atoms with Crippen LogP contribution in [0.2, 0.25) is 0 Å². The van der Waals surface area contributed by atoms with Crippen LogP contribution in [0.3, 0.4) is 0 Å². The fourth-order valence-corrected chi connectivity index (χ4v) is 3.80. The zero-order chi connectivity index (χ0) is 13.5. The Morgan fingerprint density at radius 3 is 2.84 bits per heavy atom. The summed E-state index contributed by atoms with van der Waals surface area (Å²) < 4.78 is 1.34. The van der Waals surface area contributed by atoms with Crippen LogP contribution in [0.25, 0.3) is 10.2 Å². The van der Waals surface area contributed by atoms with Gasteiger partial charge in [-0.1, -0.05) is 32.9 Å². The minimum Gasteiger partial charge on any atom is -0.316 e. The number of nitrogens with one attached hydrogen (secondary N) is 1. The molecule has 1 aliphatic rings. The molecule has 2 nitrogen and oxygen atoms in total. The van der Waals surface area contributed by atoms with Gasteiger partial charge in [0.2, 0.25) is 0 Å². The molecule has 0 radical (unpaired) electrons. The number of rotatable bonds is 1. The highest BCUT2D eigenvalue weighted by molar-refractivity contribution is 7.18. The molecule has 0 aliphatic carbocycles. The van der Waals surface area contributed by atoms with E-state index in [4.69, 9.17) is 4.98 Å². The van der Waals surface area contributed by atoms with Gasteiger partial charge in [-0.25, -0.2) is 4.98 Å². The average Bonchev–Trinajstić information content (AvgIpc) is 2.83. The quantitative estimate of drug-likeness (QED) is 0.848. The van der Waals surface area contributed by atoms with Crippen molar-refractivity contribution in [3.05, 3.63) is 28.8 Å². The van der Waals surface area contributed by atoms with Crippen LogP contribution in [0.15, 0.2) is 18.2 Å². The van der Waals surface area contributed by atoms with E-state index in [1.807, 2.05) is 11.3 Å². The number of hydrogen-bond donors (Lipinski definition) is 1. The minimum absolute atomic E-state index is 0.145. The number of fused-ring (bicyclic) bond motifs is 1. The molecule has 2 aromatic rings. The molecular weight excluding hydrogens is 252 g/mol. The van der Waals surface area contributed by atoms with Gasteiger partial charge in [-0.05, 0) is 36.9 Å². The second-order valence-corrected chi connectivity index (χ2v) is 7.54. The molecule has 0 spiro atoms. The molecule has 102 valence electrons. The fourth-order valence-electron chi connectivity index (χ4n) is 2.74. The Labute approximate surface area is 119 Å². The maximum absolute atomic E-state index is 4.95. The molecule has 1 saturated heterocycles. The fraction of sp³-hybridized carbons (Fsp3) is 0.562. The number of aromatic nitrogens is 1. The van der Waals surface area contributed by atoms with Crippen molar-refractivity contribution in [2.45, 2.75) is 44.9 Å². The van der Waals surface area contributed by atoms with Gasteiger partial charge < -0.3 is 5.32 Å². The summed E-state index contributed by atoms with van der Waals surface area (Å²) in [4.78, 5) is 4.95. The summed E-state index contributed by atoms with van der Waals surface area (Å²) in [5, 5.41) is 4.76. The van der Waals surface area contributed by atoms with E-state index in [0.29, 0.717) is 5.92 Å². The van der Waals surface area contributed by atoms with E-state index in [9.17, 15) is 0 Å². The zero-order valence-electron chi connectivity index (χ0n) is 12.0. The normalized spacial score (nSPS) is 20.9. The maximum Gasteiger partial charge on any atom is 0.0992 e. The van der Waals surface area contributed by atoms with E-state index >= 15 is 0 Å². The summed E-state index contributed by atoms with van der Waals surface area (Å²) in [5.74, 6) is 0.632.